The van der Waals surface area contributed by atoms with Crippen LogP contribution in [0, 0.1) is 0 Å². The van der Waals surface area contributed by atoms with Crippen molar-refractivity contribution in [1.82, 2.24) is 20.5 Å². The van der Waals surface area contributed by atoms with Gasteiger partial charge in [0.15, 0.2) is 5.82 Å². The maximum Gasteiger partial charge on any atom is 0.167 e. The van der Waals surface area contributed by atoms with Gasteiger partial charge < -0.3 is 5.32 Å². The van der Waals surface area contributed by atoms with Gasteiger partial charge in [-0.3, -0.25) is 5.10 Å². The summed E-state index contributed by atoms with van der Waals surface area (Å²) in [7, 11) is 0. The summed E-state index contributed by atoms with van der Waals surface area (Å²) in [6.07, 6.45) is 1.87. The van der Waals surface area contributed by atoms with Gasteiger partial charge >= 0.3 is 0 Å². The smallest absolute Gasteiger partial charge is 0.167 e. The Kier molecular flexibility index (Phi) is 2.65. The minimum Gasteiger partial charge on any atom is -0.303 e. The number of hydrogen-bond acceptors (Lipinski definition) is 3. The van der Waals surface area contributed by atoms with Crippen molar-refractivity contribution in [3.8, 4) is 0 Å². The fourth-order valence-electron chi connectivity index (χ4n) is 2.26. The molecule has 0 spiro atoms. The molecule has 2 aromatic rings. The minimum atomic E-state index is 0.237. The third kappa shape index (κ3) is 1.96. The molecule has 1 aliphatic heterocycles. The molecule has 2 N–H and O–H groups in total. The molecule has 3 rings (SSSR count). The molecule has 2 heterocycles. The molecule has 0 aliphatic carbocycles. The monoisotopic (exact) mass is 228 g/mol. The number of rotatable bonds is 2. The summed E-state index contributed by atoms with van der Waals surface area (Å²) in [5, 5.41) is 10.7. The number of nitrogens with one attached hydrogen (secondary N) is 2. The van der Waals surface area contributed by atoms with Crippen LogP contribution in [-0.2, 0) is 19.4 Å². The highest BCUT2D eigenvalue weighted by atomic mass is 15.2. The third-order valence-electron chi connectivity index (χ3n) is 3.28. The molecule has 88 valence electrons. The van der Waals surface area contributed by atoms with Crippen molar-refractivity contribution in [2.24, 2.45) is 0 Å². The summed E-state index contributed by atoms with van der Waals surface area (Å²) in [6, 6.07) is 8.78. The molecule has 4 nitrogen and oxygen atoms in total. The topological polar surface area (TPSA) is 53.6 Å². The lowest BCUT2D eigenvalue weighted by Gasteiger charge is -2.23. The summed E-state index contributed by atoms with van der Waals surface area (Å²) in [5.74, 6) is 1.84. The third-order valence-corrected chi connectivity index (χ3v) is 3.28. The second-order valence-corrected chi connectivity index (χ2v) is 4.40. The molecule has 1 aromatic heterocycles. The molecule has 0 amide bonds. The molecular formula is C13H16N4. The highest BCUT2D eigenvalue weighted by Gasteiger charge is 2.22. The van der Waals surface area contributed by atoms with E-state index < -0.39 is 0 Å². The van der Waals surface area contributed by atoms with Gasteiger partial charge in [0, 0.05) is 13.0 Å². The number of nitrogens with zero attached hydrogens (tertiary/aromatic N) is 2. The van der Waals surface area contributed by atoms with Crippen molar-refractivity contribution in [2.45, 2.75) is 32.4 Å². The van der Waals surface area contributed by atoms with Crippen molar-refractivity contribution in [3.63, 3.8) is 0 Å². The van der Waals surface area contributed by atoms with Gasteiger partial charge in [0.2, 0.25) is 0 Å². The van der Waals surface area contributed by atoms with Crippen LogP contribution in [0.5, 0.6) is 0 Å². The van der Waals surface area contributed by atoms with Crippen LogP contribution < -0.4 is 5.32 Å². The highest BCUT2D eigenvalue weighted by Crippen LogP contribution is 2.23. The van der Waals surface area contributed by atoms with Crippen molar-refractivity contribution in [2.75, 3.05) is 0 Å². The SMILES string of the molecule is CCc1nc([C@@H]2Cc3ccccc3CN2)n[nH]1. The lowest BCUT2D eigenvalue weighted by atomic mass is 9.96. The van der Waals surface area contributed by atoms with E-state index in [-0.39, 0.29) is 6.04 Å². The molecular weight excluding hydrogens is 212 g/mol. The first-order valence-electron chi connectivity index (χ1n) is 6.08. The second-order valence-electron chi connectivity index (χ2n) is 4.40. The van der Waals surface area contributed by atoms with Crippen LogP contribution in [0.2, 0.25) is 0 Å². The zero-order chi connectivity index (χ0) is 11.7. The maximum atomic E-state index is 4.50. The molecule has 0 saturated heterocycles. The summed E-state index contributed by atoms with van der Waals surface area (Å²) in [5.41, 5.74) is 2.79. The molecule has 0 radical (unpaired) electrons. The van der Waals surface area contributed by atoms with Crippen LogP contribution in [-0.4, -0.2) is 15.2 Å². The van der Waals surface area contributed by atoms with Gasteiger partial charge in [0.25, 0.3) is 0 Å². The number of aromatic nitrogens is 3. The number of benzene rings is 1. The first kappa shape index (κ1) is 10.5. The van der Waals surface area contributed by atoms with Gasteiger partial charge in [-0.25, -0.2) is 4.98 Å². The molecule has 1 atom stereocenters. The van der Waals surface area contributed by atoms with Crippen LogP contribution in [0.3, 0.4) is 0 Å². The maximum absolute atomic E-state index is 4.50. The molecule has 0 fully saturated rings. The minimum absolute atomic E-state index is 0.237. The quantitative estimate of drug-likeness (QED) is 0.823. The van der Waals surface area contributed by atoms with Crippen LogP contribution in [0.25, 0.3) is 0 Å². The molecule has 1 aliphatic rings. The second kappa shape index (κ2) is 4.30. The highest BCUT2D eigenvalue weighted by molar-refractivity contribution is 5.30. The Morgan fingerprint density at radius 2 is 2.12 bits per heavy atom. The van der Waals surface area contributed by atoms with E-state index in [1.165, 1.54) is 11.1 Å². The lowest BCUT2D eigenvalue weighted by Crippen LogP contribution is -2.29. The van der Waals surface area contributed by atoms with Gasteiger partial charge in [-0.05, 0) is 17.5 Å². The van der Waals surface area contributed by atoms with Crippen molar-refractivity contribution in [1.29, 1.82) is 0 Å². The predicted molar refractivity (Wildman–Crippen MR) is 65.5 cm³/mol. The van der Waals surface area contributed by atoms with Crippen LogP contribution in [0.4, 0.5) is 0 Å². The Bertz CT molecular complexity index is 518. The van der Waals surface area contributed by atoms with Crippen molar-refractivity contribution in [3.05, 3.63) is 47.0 Å². The number of aryl methyl sites for hydroxylation is 1. The van der Waals surface area contributed by atoms with Gasteiger partial charge in [-0.15, -0.1) is 0 Å². The van der Waals surface area contributed by atoms with E-state index in [0.29, 0.717) is 0 Å². The van der Waals surface area contributed by atoms with Crippen LogP contribution in [0.1, 0.15) is 35.7 Å². The van der Waals surface area contributed by atoms with Gasteiger partial charge in [0.1, 0.15) is 5.82 Å². The first-order valence-corrected chi connectivity index (χ1v) is 6.08. The fraction of sp³-hybridized carbons (Fsp3) is 0.385. The Balaban J connectivity index is 1.84. The normalized spacial score (nSPS) is 19.0. The Hall–Kier alpha value is -1.68. The zero-order valence-corrected chi connectivity index (χ0v) is 9.90. The van der Waals surface area contributed by atoms with Crippen molar-refractivity contribution < 1.29 is 0 Å². The largest absolute Gasteiger partial charge is 0.303 e. The summed E-state index contributed by atoms with van der Waals surface area (Å²) < 4.78 is 0. The van der Waals surface area contributed by atoms with Gasteiger partial charge in [-0.2, -0.15) is 5.10 Å². The van der Waals surface area contributed by atoms with E-state index in [0.717, 1.165) is 31.0 Å². The van der Waals surface area contributed by atoms with Crippen LogP contribution in [0.15, 0.2) is 24.3 Å². The Morgan fingerprint density at radius 1 is 1.29 bits per heavy atom. The average Bonchev–Trinajstić information content (AvgIpc) is 2.87. The fourth-order valence-corrected chi connectivity index (χ4v) is 2.26. The van der Waals surface area contributed by atoms with Gasteiger partial charge in [-0.1, -0.05) is 31.2 Å². The van der Waals surface area contributed by atoms with E-state index in [1.54, 1.807) is 0 Å². The van der Waals surface area contributed by atoms with E-state index in [1.807, 2.05) is 0 Å². The lowest BCUT2D eigenvalue weighted by molar-refractivity contribution is 0.477. The Morgan fingerprint density at radius 3 is 2.88 bits per heavy atom. The number of hydrogen-bond donors (Lipinski definition) is 2. The average molecular weight is 228 g/mol. The zero-order valence-electron chi connectivity index (χ0n) is 9.90. The standard InChI is InChI=1S/C13H16N4/c1-2-12-15-13(17-16-12)11-7-9-5-3-4-6-10(9)8-14-11/h3-6,11,14H,2,7-8H2,1H3,(H,15,16,17)/t11-/m0/s1. The predicted octanol–water partition coefficient (Wildman–Crippen LogP) is 1.75. The summed E-state index contributed by atoms with van der Waals surface area (Å²) in [4.78, 5) is 4.50. The first-order chi connectivity index (χ1) is 8.36. The molecule has 17 heavy (non-hydrogen) atoms. The molecule has 4 heteroatoms. The van der Waals surface area contributed by atoms with Gasteiger partial charge in [0.05, 0.1) is 6.04 Å². The summed E-state index contributed by atoms with van der Waals surface area (Å²) in [6.45, 7) is 2.98. The molecule has 0 bridgehead atoms. The number of aromatic amines is 1. The molecule has 1 aromatic carbocycles. The molecule has 0 saturated carbocycles. The van der Waals surface area contributed by atoms with E-state index in [4.69, 9.17) is 0 Å². The Labute approximate surface area is 100 Å². The van der Waals surface area contributed by atoms with Crippen LogP contribution >= 0.6 is 0 Å². The molecule has 0 unspecified atom stereocenters. The number of fused-ring (bicyclic) bond motifs is 1. The van der Waals surface area contributed by atoms with E-state index in [9.17, 15) is 0 Å². The van der Waals surface area contributed by atoms with Crippen molar-refractivity contribution >= 4 is 0 Å². The number of H-pyrrole nitrogens is 1. The van der Waals surface area contributed by atoms with E-state index in [2.05, 4.69) is 51.7 Å². The summed E-state index contributed by atoms with van der Waals surface area (Å²) >= 11 is 0. The van der Waals surface area contributed by atoms with E-state index >= 15 is 0 Å².